The van der Waals surface area contributed by atoms with Crippen molar-refractivity contribution in [3.63, 3.8) is 0 Å². The second-order valence-corrected chi connectivity index (χ2v) is 9.71. The molecule has 0 bridgehead atoms. The van der Waals surface area contributed by atoms with Gasteiger partial charge in [0.05, 0.1) is 23.9 Å². The number of benzene rings is 2. The number of halogens is 2. The molecule has 2 aromatic heterocycles. The third kappa shape index (κ3) is 5.94. The Kier molecular flexibility index (Phi) is 8.02. The molecule has 10 heteroatoms. The minimum Gasteiger partial charge on any atom is -0.494 e. The molecule has 1 atom stereocenters. The number of aromatic nitrogens is 2. The SMILES string of the molecule is CCOc1ccc2cc(C3CC(c4ccc(-c5ccc(F)nc5)cc4)=NN3C(=O)CCCC(=O)O)c(Cl)nc2c1. The summed E-state index contributed by atoms with van der Waals surface area (Å²) in [4.78, 5) is 32.5. The molecule has 0 radical (unpaired) electrons. The lowest BCUT2D eigenvalue weighted by molar-refractivity contribution is -0.137. The van der Waals surface area contributed by atoms with Gasteiger partial charge in [-0.2, -0.15) is 9.49 Å². The number of rotatable bonds is 9. The first-order valence-corrected chi connectivity index (χ1v) is 13.3. The largest absolute Gasteiger partial charge is 0.494 e. The van der Waals surface area contributed by atoms with E-state index in [2.05, 4.69) is 15.1 Å². The minimum atomic E-state index is -0.959. The fourth-order valence-corrected chi connectivity index (χ4v) is 4.97. The Hall–Kier alpha value is -4.37. The molecule has 1 unspecified atom stereocenters. The van der Waals surface area contributed by atoms with E-state index in [0.29, 0.717) is 35.6 Å². The molecule has 0 saturated carbocycles. The quantitative estimate of drug-likeness (QED) is 0.237. The second kappa shape index (κ2) is 11.8. The van der Waals surface area contributed by atoms with Crippen LogP contribution in [0, 0.1) is 5.95 Å². The average Bonchev–Trinajstić information content (AvgIpc) is 3.38. The maximum Gasteiger partial charge on any atom is 0.303 e. The first kappa shape index (κ1) is 27.2. The Labute approximate surface area is 235 Å². The van der Waals surface area contributed by atoms with E-state index in [1.807, 2.05) is 55.5 Å². The number of fused-ring (bicyclic) bond motifs is 1. The lowest BCUT2D eigenvalue weighted by Gasteiger charge is -2.23. The normalized spacial score (nSPS) is 14.8. The molecular formula is C30H26ClFN4O4. The zero-order valence-corrected chi connectivity index (χ0v) is 22.4. The molecule has 1 amide bonds. The maximum absolute atomic E-state index is 13.3. The Morgan fingerprint density at radius 2 is 1.80 bits per heavy atom. The van der Waals surface area contributed by atoms with Crippen LogP contribution in [0.25, 0.3) is 22.0 Å². The standard InChI is InChI=1S/C30H26ClFN4O4/c1-2-40-22-12-10-20-14-23(30(31)34-24(20)15-22)26-16-25(35-36(26)28(37)4-3-5-29(38)39)19-8-6-18(7-9-19)21-11-13-27(32)33-17-21/h6-15,17,26H,2-5,16H2,1H3,(H,38,39). The predicted molar refractivity (Wildman–Crippen MR) is 150 cm³/mol. The van der Waals surface area contributed by atoms with Crippen molar-refractivity contribution in [2.45, 2.75) is 38.6 Å². The van der Waals surface area contributed by atoms with Crippen LogP contribution < -0.4 is 4.74 Å². The molecule has 1 aliphatic rings. The summed E-state index contributed by atoms with van der Waals surface area (Å²) in [5, 5.41) is 16.2. The van der Waals surface area contributed by atoms with E-state index in [1.165, 1.54) is 17.3 Å². The number of ether oxygens (including phenoxy) is 1. The van der Waals surface area contributed by atoms with Gasteiger partial charge in [0.25, 0.3) is 0 Å². The summed E-state index contributed by atoms with van der Waals surface area (Å²) in [5.74, 6) is -1.11. The molecule has 3 heterocycles. The third-order valence-electron chi connectivity index (χ3n) is 6.67. The van der Waals surface area contributed by atoms with Crippen LogP contribution in [0.2, 0.25) is 5.15 Å². The first-order chi connectivity index (χ1) is 19.3. The van der Waals surface area contributed by atoms with E-state index in [-0.39, 0.29) is 30.3 Å². The smallest absolute Gasteiger partial charge is 0.303 e. The number of carbonyl (C=O) groups is 2. The molecule has 1 N–H and O–H groups in total. The van der Waals surface area contributed by atoms with Gasteiger partial charge >= 0.3 is 5.97 Å². The lowest BCUT2D eigenvalue weighted by Crippen LogP contribution is -2.27. The van der Waals surface area contributed by atoms with E-state index in [0.717, 1.165) is 22.1 Å². The van der Waals surface area contributed by atoms with E-state index in [4.69, 9.17) is 21.4 Å². The highest BCUT2D eigenvalue weighted by Gasteiger charge is 2.34. The monoisotopic (exact) mass is 560 g/mol. The van der Waals surface area contributed by atoms with Gasteiger partial charge in [-0.05, 0) is 54.8 Å². The van der Waals surface area contributed by atoms with Crippen molar-refractivity contribution in [2.24, 2.45) is 5.10 Å². The molecule has 0 aliphatic carbocycles. The number of aliphatic carboxylic acids is 1. The molecule has 2 aromatic carbocycles. The van der Waals surface area contributed by atoms with Gasteiger partial charge in [-0.3, -0.25) is 9.59 Å². The van der Waals surface area contributed by atoms with Crippen molar-refractivity contribution in [1.29, 1.82) is 0 Å². The topological polar surface area (TPSA) is 105 Å². The van der Waals surface area contributed by atoms with Gasteiger partial charge in [0.1, 0.15) is 10.9 Å². The second-order valence-electron chi connectivity index (χ2n) is 9.36. The highest BCUT2D eigenvalue weighted by molar-refractivity contribution is 6.30. The molecule has 1 aliphatic heterocycles. The first-order valence-electron chi connectivity index (χ1n) is 12.9. The van der Waals surface area contributed by atoms with E-state index >= 15 is 0 Å². The number of carboxylic acids is 1. The summed E-state index contributed by atoms with van der Waals surface area (Å²) in [6, 6.07) is 17.5. The molecule has 40 heavy (non-hydrogen) atoms. The fourth-order valence-electron chi connectivity index (χ4n) is 4.69. The van der Waals surface area contributed by atoms with Gasteiger partial charge in [0, 0.05) is 48.0 Å². The van der Waals surface area contributed by atoms with Crippen molar-refractivity contribution in [2.75, 3.05) is 6.61 Å². The average molecular weight is 561 g/mol. The van der Waals surface area contributed by atoms with Gasteiger partial charge in [-0.25, -0.2) is 15.0 Å². The number of pyridine rings is 2. The van der Waals surface area contributed by atoms with Gasteiger partial charge in [-0.15, -0.1) is 0 Å². The van der Waals surface area contributed by atoms with Crippen LogP contribution in [0.15, 0.2) is 72.0 Å². The highest BCUT2D eigenvalue weighted by atomic mass is 35.5. The molecule has 0 saturated heterocycles. The highest BCUT2D eigenvalue weighted by Crippen LogP contribution is 2.38. The van der Waals surface area contributed by atoms with Crippen LogP contribution in [0.1, 0.15) is 49.8 Å². The molecular weight excluding hydrogens is 535 g/mol. The number of amides is 1. The molecule has 4 aromatic rings. The fraction of sp³-hybridized carbons (Fsp3) is 0.233. The Morgan fingerprint density at radius 1 is 1.05 bits per heavy atom. The van der Waals surface area contributed by atoms with Crippen molar-refractivity contribution in [3.05, 3.63) is 89.1 Å². The van der Waals surface area contributed by atoms with Gasteiger partial charge in [0.2, 0.25) is 11.9 Å². The molecule has 204 valence electrons. The van der Waals surface area contributed by atoms with Gasteiger partial charge in [0.15, 0.2) is 0 Å². The summed E-state index contributed by atoms with van der Waals surface area (Å²) in [6.07, 6.45) is 1.99. The Balaban J connectivity index is 1.46. The van der Waals surface area contributed by atoms with Crippen LogP contribution in [0.3, 0.4) is 0 Å². The molecule has 8 nitrogen and oxygen atoms in total. The number of hydrazone groups is 1. The summed E-state index contributed by atoms with van der Waals surface area (Å²) < 4.78 is 18.8. The minimum absolute atomic E-state index is 0.0342. The summed E-state index contributed by atoms with van der Waals surface area (Å²) in [5.41, 5.74) is 4.46. The number of nitrogens with zero attached hydrogens (tertiary/aromatic N) is 4. The van der Waals surface area contributed by atoms with Gasteiger partial charge in [-0.1, -0.05) is 35.9 Å². The van der Waals surface area contributed by atoms with Crippen LogP contribution in [-0.4, -0.2) is 44.3 Å². The zero-order valence-electron chi connectivity index (χ0n) is 21.7. The van der Waals surface area contributed by atoms with Crippen LogP contribution in [-0.2, 0) is 9.59 Å². The van der Waals surface area contributed by atoms with Crippen molar-refractivity contribution in [1.82, 2.24) is 15.0 Å². The van der Waals surface area contributed by atoms with Crippen molar-refractivity contribution >= 4 is 40.1 Å². The number of hydrogen-bond donors (Lipinski definition) is 1. The van der Waals surface area contributed by atoms with Crippen LogP contribution >= 0.6 is 11.6 Å². The van der Waals surface area contributed by atoms with Crippen molar-refractivity contribution < 1.29 is 23.8 Å². The molecule has 5 rings (SSSR count). The third-order valence-corrected chi connectivity index (χ3v) is 6.97. The predicted octanol–water partition coefficient (Wildman–Crippen LogP) is 6.42. The lowest BCUT2D eigenvalue weighted by atomic mass is 9.97. The maximum atomic E-state index is 13.3. The summed E-state index contributed by atoms with van der Waals surface area (Å²) in [6.45, 7) is 2.43. The van der Waals surface area contributed by atoms with E-state index < -0.39 is 18.0 Å². The van der Waals surface area contributed by atoms with Crippen molar-refractivity contribution in [3.8, 4) is 16.9 Å². The Bertz CT molecular complexity index is 1590. The number of carboxylic acid groups (broad SMARTS) is 1. The number of carbonyl (C=O) groups excluding carboxylic acids is 1. The van der Waals surface area contributed by atoms with E-state index in [9.17, 15) is 14.0 Å². The molecule has 0 fully saturated rings. The Morgan fingerprint density at radius 3 is 2.50 bits per heavy atom. The van der Waals surface area contributed by atoms with Gasteiger partial charge < -0.3 is 9.84 Å². The number of hydrogen-bond acceptors (Lipinski definition) is 6. The zero-order chi connectivity index (χ0) is 28.2. The van der Waals surface area contributed by atoms with Crippen LogP contribution in [0.5, 0.6) is 5.75 Å². The van der Waals surface area contributed by atoms with E-state index in [1.54, 1.807) is 6.07 Å². The van der Waals surface area contributed by atoms with Crippen LogP contribution in [0.4, 0.5) is 4.39 Å². The molecule has 0 spiro atoms. The summed E-state index contributed by atoms with van der Waals surface area (Å²) in [7, 11) is 0. The summed E-state index contributed by atoms with van der Waals surface area (Å²) >= 11 is 6.67.